The Morgan fingerprint density at radius 2 is 1.68 bits per heavy atom. The summed E-state index contributed by atoms with van der Waals surface area (Å²) in [6.07, 6.45) is -1.63. The summed E-state index contributed by atoms with van der Waals surface area (Å²) in [5, 5.41) is 34.2. The molecule has 10 heteroatoms. The van der Waals surface area contributed by atoms with Crippen LogP contribution in [0.2, 0.25) is 5.02 Å². The Kier molecular flexibility index (Phi) is 8.76. The van der Waals surface area contributed by atoms with Crippen LogP contribution in [0.5, 0.6) is 11.5 Å². The lowest BCUT2D eigenvalue weighted by atomic mass is 10.0. The second-order valence-electron chi connectivity index (χ2n) is 7.76. The number of ether oxygens (including phenoxy) is 1. The van der Waals surface area contributed by atoms with Crippen LogP contribution >= 0.6 is 11.6 Å². The number of aliphatic hydroxyl groups is 2. The molecule has 182 valence electrons. The molecule has 0 aliphatic rings. The smallest absolute Gasteiger partial charge is 0.262 e. The fraction of sp³-hybridized carbons (Fsp3) is 0.250. The number of rotatable bonds is 11. The standard InChI is InChI=1S/C24H27ClN2O6S/c1-16(24(30)17-5-3-2-4-6-17)26-14-19(28)15-33-20-9-12-23(29)22(13-20)27-34(31,32)21-10-7-18(25)8-11-21/h2-13,16,19,24,26-30H,14-15H2,1H3/t16?,19-,24?/m0/s1. The van der Waals surface area contributed by atoms with E-state index >= 15 is 0 Å². The van der Waals surface area contributed by atoms with Crippen molar-refractivity contribution >= 4 is 27.3 Å². The van der Waals surface area contributed by atoms with Crippen LogP contribution in [-0.2, 0) is 10.0 Å². The molecule has 3 atom stereocenters. The van der Waals surface area contributed by atoms with Crippen LogP contribution < -0.4 is 14.8 Å². The largest absolute Gasteiger partial charge is 0.506 e. The van der Waals surface area contributed by atoms with Crippen molar-refractivity contribution in [1.82, 2.24) is 5.32 Å². The van der Waals surface area contributed by atoms with Crippen LogP contribution in [-0.4, -0.2) is 49.0 Å². The van der Waals surface area contributed by atoms with Gasteiger partial charge in [-0.25, -0.2) is 8.42 Å². The molecule has 0 aromatic heterocycles. The number of aliphatic hydroxyl groups excluding tert-OH is 2. The molecule has 0 heterocycles. The predicted molar refractivity (Wildman–Crippen MR) is 131 cm³/mol. The third-order valence-electron chi connectivity index (χ3n) is 5.07. The summed E-state index contributed by atoms with van der Waals surface area (Å²) >= 11 is 5.80. The van der Waals surface area contributed by atoms with Crippen molar-refractivity contribution in [2.45, 2.75) is 30.1 Å². The molecule has 0 fully saturated rings. The van der Waals surface area contributed by atoms with Crippen molar-refractivity contribution in [3.8, 4) is 11.5 Å². The highest BCUT2D eigenvalue weighted by molar-refractivity contribution is 7.92. The van der Waals surface area contributed by atoms with Gasteiger partial charge in [0.2, 0.25) is 0 Å². The minimum atomic E-state index is -3.96. The molecule has 3 aromatic carbocycles. The Balaban J connectivity index is 1.55. The van der Waals surface area contributed by atoms with Gasteiger partial charge in [-0.15, -0.1) is 0 Å². The van der Waals surface area contributed by atoms with E-state index in [2.05, 4.69) is 10.0 Å². The number of hydrogen-bond acceptors (Lipinski definition) is 7. The number of anilines is 1. The monoisotopic (exact) mass is 506 g/mol. The molecule has 0 aliphatic heterocycles. The molecule has 0 saturated carbocycles. The Morgan fingerprint density at radius 1 is 1.00 bits per heavy atom. The zero-order valence-corrected chi connectivity index (χ0v) is 20.0. The number of hydrogen-bond donors (Lipinski definition) is 5. The van der Waals surface area contributed by atoms with E-state index in [1.54, 1.807) is 0 Å². The van der Waals surface area contributed by atoms with Crippen LogP contribution in [0.4, 0.5) is 5.69 Å². The van der Waals surface area contributed by atoms with Crippen molar-refractivity contribution in [1.29, 1.82) is 0 Å². The lowest BCUT2D eigenvalue weighted by Gasteiger charge is -2.22. The Hall–Kier alpha value is -2.82. The lowest BCUT2D eigenvalue weighted by molar-refractivity contribution is 0.0876. The van der Waals surface area contributed by atoms with E-state index in [1.807, 2.05) is 37.3 Å². The Morgan fingerprint density at radius 3 is 2.35 bits per heavy atom. The molecule has 0 radical (unpaired) electrons. The second kappa shape index (κ2) is 11.5. The topological polar surface area (TPSA) is 128 Å². The first-order valence-electron chi connectivity index (χ1n) is 10.5. The van der Waals surface area contributed by atoms with Gasteiger partial charge >= 0.3 is 0 Å². The van der Waals surface area contributed by atoms with Crippen LogP contribution in [0.25, 0.3) is 0 Å². The van der Waals surface area contributed by atoms with E-state index in [1.165, 1.54) is 42.5 Å². The van der Waals surface area contributed by atoms with Gasteiger partial charge in [0.1, 0.15) is 24.2 Å². The van der Waals surface area contributed by atoms with E-state index in [0.717, 1.165) is 5.56 Å². The number of benzene rings is 3. The average molecular weight is 507 g/mol. The summed E-state index contributed by atoms with van der Waals surface area (Å²) in [4.78, 5) is -0.0177. The fourth-order valence-electron chi connectivity index (χ4n) is 3.13. The fourth-order valence-corrected chi connectivity index (χ4v) is 4.32. The summed E-state index contributed by atoms with van der Waals surface area (Å²) in [7, 11) is -3.96. The number of nitrogens with one attached hydrogen (secondary N) is 2. The van der Waals surface area contributed by atoms with Crippen molar-refractivity contribution < 1.29 is 28.5 Å². The molecule has 0 saturated heterocycles. The molecular formula is C24H27ClN2O6S. The highest BCUT2D eigenvalue weighted by Crippen LogP contribution is 2.30. The highest BCUT2D eigenvalue weighted by Gasteiger charge is 2.19. The molecule has 3 aromatic rings. The second-order valence-corrected chi connectivity index (χ2v) is 9.87. The maximum Gasteiger partial charge on any atom is 0.262 e. The quantitative estimate of drug-likeness (QED) is 0.252. The number of halogens is 1. The average Bonchev–Trinajstić information content (AvgIpc) is 2.83. The minimum Gasteiger partial charge on any atom is -0.506 e. The Labute approximate surface area is 203 Å². The van der Waals surface area contributed by atoms with Crippen molar-refractivity contribution in [2.75, 3.05) is 17.9 Å². The summed E-state index contributed by atoms with van der Waals surface area (Å²) in [5.74, 6) is -0.0288. The van der Waals surface area contributed by atoms with Gasteiger partial charge < -0.3 is 25.4 Å². The van der Waals surface area contributed by atoms with E-state index in [-0.39, 0.29) is 41.3 Å². The van der Waals surface area contributed by atoms with E-state index in [0.29, 0.717) is 5.02 Å². The molecule has 2 unspecified atom stereocenters. The zero-order valence-electron chi connectivity index (χ0n) is 18.4. The van der Waals surface area contributed by atoms with Crippen LogP contribution in [0, 0.1) is 0 Å². The van der Waals surface area contributed by atoms with E-state index in [9.17, 15) is 23.7 Å². The first-order valence-corrected chi connectivity index (χ1v) is 12.4. The lowest BCUT2D eigenvalue weighted by Crippen LogP contribution is -2.39. The SMILES string of the molecule is CC(NC[C@H](O)COc1ccc(O)c(NS(=O)(=O)c2ccc(Cl)cc2)c1)C(O)c1ccccc1. The van der Waals surface area contributed by atoms with Crippen molar-refractivity contribution in [3.05, 3.63) is 83.4 Å². The van der Waals surface area contributed by atoms with Crippen molar-refractivity contribution in [2.24, 2.45) is 0 Å². The summed E-state index contributed by atoms with van der Waals surface area (Å²) in [6.45, 7) is 1.89. The van der Waals surface area contributed by atoms with Gasteiger partial charge in [-0.3, -0.25) is 4.72 Å². The van der Waals surface area contributed by atoms with Gasteiger partial charge in [0.25, 0.3) is 10.0 Å². The number of phenols is 1. The van der Waals surface area contributed by atoms with Gasteiger partial charge in [-0.05, 0) is 48.9 Å². The summed E-state index contributed by atoms with van der Waals surface area (Å²) in [5.41, 5.74) is 0.700. The molecule has 8 nitrogen and oxygen atoms in total. The van der Waals surface area contributed by atoms with E-state index < -0.39 is 22.2 Å². The zero-order chi connectivity index (χ0) is 24.7. The molecular weight excluding hydrogens is 480 g/mol. The first-order chi connectivity index (χ1) is 16.2. The molecule has 5 N–H and O–H groups in total. The highest BCUT2D eigenvalue weighted by atomic mass is 35.5. The van der Waals surface area contributed by atoms with Gasteiger partial charge in [0.05, 0.1) is 16.7 Å². The maximum atomic E-state index is 12.6. The van der Waals surface area contributed by atoms with Crippen LogP contribution in [0.15, 0.2) is 77.7 Å². The molecule has 34 heavy (non-hydrogen) atoms. The van der Waals surface area contributed by atoms with E-state index in [4.69, 9.17) is 16.3 Å². The number of phenolic OH excluding ortho intramolecular Hbond substituents is 1. The molecule has 0 amide bonds. The number of sulfonamides is 1. The van der Waals surface area contributed by atoms with Gasteiger partial charge in [0.15, 0.2) is 0 Å². The molecule has 0 bridgehead atoms. The summed E-state index contributed by atoms with van der Waals surface area (Å²) in [6, 6.07) is 18.6. The molecule has 0 aliphatic carbocycles. The van der Waals surface area contributed by atoms with Gasteiger partial charge in [-0.2, -0.15) is 0 Å². The normalized spacial score (nSPS) is 14.2. The third kappa shape index (κ3) is 7.09. The molecule has 0 spiro atoms. The summed E-state index contributed by atoms with van der Waals surface area (Å²) < 4.78 is 33.0. The first kappa shape index (κ1) is 25.8. The van der Waals surface area contributed by atoms with Gasteiger partial charge in [0, 0.05) is 23.7 Å². The Bertz CT molecular complexity index is 1180. The number of aromatic hydroxyl groups is 1. The molecule has 3 rings (SSSR count). The maximum absolute atomic E-state index is 12.6. The minimum absolute atomic E-state index is 0.0177. The van der Waals surface area contributed by atoms with Crippen LogP contribution in [0.3, 0.4) is 0 Å². The van der Waals surface area contributed by atoms with Crippen molar-refractivity contribution in [3.63, 3.8) is 0 Å². The van der Waals surface area contributed by atoms with Gasteiger partial charge in [-0.1, -0.05) is 41.9 Å². The van der Waals surface area contributed by atoms with Crippen LogP contribution in [0.1, 0.15) is 18.6 Å². The third-order valence-corrected chi connectivity index (χ3v) is 6.70. The predicted octanol–water partition coefficient (Wildman–Crippen LogP) is 3.30.